The van der Waals surface area contributed by atoms with Crippen molar-refractivity contribution in [1.29, 1.82) is 0 Å². The zero-order chi connectivity index (χ0) is 17.0. The summed E-state index contributed by atoms with van der Waals surface area (Å²) in [6.07, 6.45) is 0. The third-order valence-electron chi connectivity index (χ3n) is 3.26. The number of hydrogen-bond acceptors (Lipinski definition) is 5. The van der Waals surface area contributed by atoms with Crippen LogP contribution in [0.3, 0.4) is 0 Å². The number of anilines is 1. The number of aromatic nitrogens is 3. The Balaban J connectivity index is 1.91. The van der Waals surface area contributed by atoms with E-state index in [9.17, 15) is 14.9 Å². The number of carbonyl (C=O) groups excluding carboxylic acids is 1. The molecule has 1 aromatic heterocycles. The predicted molar refractivity (Wildman–Crippen MR) is 84.0 cm³/mol. The van der Waals surface area contributed by atoms with Crippen LogP contribution in [-0.2, 0) is 13.6 Å². The lowest BCUT2D eigenvalue weighted by molar-refractivity contribution is -0.384. The van der Waals surface area contributed by atoms with Gasteiger partial charge in [0.1, 0.15) is 5.82 Å². The number of amides is 2. The number of rotatable bonds is 5. The molecule has 23 heavy (non-hydrogen) atoms. The van der Waals surface area contributed by atoms with Gasteiger partial charge < -0.3 is 15.2 Å². The molecule has 9 nitrogen and oxygen atoms in total. The maximum atomic E-state index is 11.8. The molecule has 1 heterocycles. The van der Waals surface area contributed by atoms with Crippen molar-refractivity contribution in [3.8, 4) is 0 Å². The van der Waals surface area contributed by atoms with Gasteiger partial charge in [-0.1, -0.05) is 13.8 Å². The Morgan fingerprint density at radius 3 is 2.48 bits per heavy atom. The van der Waals surface area contributed by atoms with Crippen molar-refractivity contribution in [3.05, 3.63) is 46.0 Å². The van der Waals surface area contributed by atoms with Gasteiger partial charge in [-0.2, -0.15) is 0 Å². The molecule has 0 spiro atoms. The summed E-state index contributed by atoms with van der Waals surface area (Å²) < 4.78 is 1.84. The minimum atomic E-state index is -0.496. The van der Waals surface area contributed by atoms with Crippen LogP contribution in [0.4, 0.5) is 16.2 Å². The van der Waals surface area contributed by atoms with E-state index in [0.29, 0.717) is 11.5 Å². The van der Waals surface area contributed by atoms with Crippen LogP contribution in [0, 0.1) is 10.1 Å². The number of non-ortho nitro benzene ring substituents is 1. The van der Waals surface area contributed by atoms with Gasteiger partial charge in [0.05, 0.1) is 11.5 Å². The zero-order valence-corrected chi connectivity index (χ0v) is 13.1. The standard InChI is InChI=1S/C14H18N6O3/c1-9(2)13-18-17-12(19(13)3)8-15-14(21)16-10-4-6-11(7-5-10)20(22)23/h4-7,9H,8H2,1-3H3,(H2,15,16,21). The third-order valence-corrected chi connectivity index (χ3v) is 3.26. The Morgan fingerprint density at radius 1 is 1.30 bits per heavy atom. The van der Waals surface area contributed by atoms with Crippen LogP contribution in [0.25, 0.3) is 0 Å². The van der Waals surface area contributed by atoms with Crippen molar-refractivity contribution in [3.63, 3.8) is 0 Å². The van der Waals surface area contributed by atoms with Crippen molar-refractivity contribution in [1.82, 2.24) is 20.1 Å². The quantitative estimate of drug-likeness (QED) is 0.647. The lowest BCUT2D eigenvalue weighted by Gasteiger charge is -2.08. The summed E-state index contributed by atoms with van der Waals surface area (Å²) in [4.78, 5) is 21.9. The molecule has 0 aliphatic heterocycles. The maximum Gasteiger partial charge on any atom is 0.319 e. The number of benzene rings is 1. The maximum absolute atomic E-state index is 11.8. The first-order valence-electron chi connectivity index (χ1n) is 7.06. The highest BCUT2D eigenvalue weighted by molar-refractivity contribution is 5.89. The molecule has 0 saturated carbocycles. The van der Waals surface area contributed by atoms with Crippen LogP contribution in [0.15, 0.2) is 24.3 Å². The van der Waals surface area contributed by atoms with Crippen molar-refractivity contribution in [2.75, 3.05) is 5.32 Å². The monoisotopic (exact) mass is 318 g/mol. The number of urea groups is 1. The van der Waals surface area contributed by atoms with Gasteiger partial charge in [0.15, 0.2) is 5.82 Å². The predicted octanol–water partition coefficient (Wildman–Crippen LogP) is 2.17. The number of carbonyl (C=O) groups is 1. The molecule has 0 aliphatic rings. The molecule has 0 radical (unpaired) electrons. The number of nitro benzene ring substituents is 1. The van der Waals surface area contributed by atoms with Crippen LogP contribution in [0.1, 0.15) is 31.4 Å². The first-order valence-corrected chi connectivity index (χ1v) is 7.06. The second-order valence-electron chi connectivity index (χ2n) is 5.30. The fraction of sp³-hybridized carbons (Fsp3) is 0.357. The Morgan fingerprint density at radius 2 is 1.96 bits per heavy atom. The largest absolute Gasteiger partial charge is 0.331 e. The van der Waals surface area contributed by atoms with E-state index >= 15 is 0 Å². The highest BCUT2D eigenvalue weighted by Crippen LogP contribution is 2.15. The molecule has 0 fully saturated rings. The molecule has 0 atom stereocenters. The number of hydrogen-bond donors (Lipinski definition) is 2. The van der Waals surface area contributed by atoms with E-state index in [4.69, 9.17) is 0 Å². The number of nitro groups is 1. The van der Waals surface area contributed by atoms with Crippen molar-refractivity contribution >= 4 is 17.4 Å². The molecule has 122 valence electrons. The molecule has 1 aromatic carbocycles. The van der Waals surface area contributed by atoms with E-state index in [1.807, 2.05) is 25.5 Å². The van der Waals surface area contributed by atoms with Gasteiger partial charge in [-0.25, -0.2) is 4.79 Å². The van der Waals surface area contributed by atoms with Crippen molar-refractivity contribution in [2.24, 2.45) is 7.05 Å². The molecule has 9 heteroatoms. The van der Waals surface area contributed by atoms with Gasteiger partial charge >= 0.3 is 6.03 Å². The van der Waals surface area contributed by atoms with Crippen LogP contribution in [0.2, 0.25) is 0 Å². The molecule has 0 bridgehead atoms. The van der Waals surface area contributed by atoms with Crippen molar-refractivity contribution in [2.45, 2.75) is 26.3 Å². The van der Waals surface area contributed by atoms with Crippen LogP contribution < -0.4 is 10.6 Å². The average Bonchev–Trinajstić information content (AvgIpc) is 2.87. The molecular weight excluding hydrogens is 300 g/mol. The summed E-state index contributed by atoms with van der Waals surface area (Å²) in [7, 11) is 1.85. The lowest BCUT2D eigenvalue weighted by Crippen LogP contribution is -2.29. The highest BCUT2D eigenvalue weighted by atomic mass is 16.6. The fourth-order valence-corrected chi connectivity index (χ4v) is 2.03. The van der Waals surface area contributed by atoms with Crippen LogP contribution in [-0.4, -0.2) is 25.7 Å². The molecule has 2 amide bonds. The minimum absolute atomic E-state index is 0.0312. The van der Waals surface area contributed by atoms with Crippen molar-refractivity contribution < 1.29 is 9.72 Å². The Hall–Kier alpha value is -2.97. The van der Waals surface area contributed by atoms with Crippen LogP contribution in [0.5, 0.6) is 0 Å². The summed E-state index contributed by atoms with van der Waals surface area (Å²) in [6, 6.07) is 5.17. The Kier molecular flexibility index (Phi) is 4.89. The van der Waals surface area contributed by atoms with E-state index in [1.165, 1.54) is 24.3 Å². The molecule has 0 unspecified atom stereocenters. The highest BCUT2D eigenvalue weighted by Gasteiger charge is 2.12. The first kappa shape index (κ1) is 16.4. The first-order chi connectivity index (χ1) is 10.9. The summed E-state index contributed by atoms with van der Waals surface area (Å²) >= 11 is 0. The summed E-state index contributed by atoms with van der Waals surface area (Å²) in [6.45, 7) is 4.26. The van der Waals surface area contributed by atoms with Gasteiger partial charge in [-0.05, 0) is 12.1 Å². The third kappa shape index (κ3) is 4.02. The van der Waals surface area contributed by atoms with E-state index in [-0.39, 0.29) is 18.2 Å². The van der Waals surface area contributed by atoms with E-state index in [0.717, 1.165) is 5.82 Å². The van der Waals surface area contributed by atoms with Gasteiger partial charge in [0.2, 0.25) is 0 Å². The van der Waals surface area contributed by atoms with Gasteiger partial charge in [-0.3, -0.25) is 10.1 Å². The van der Waals surface area contributed by atoms with Gasteiger partial charge in [0.25, 0.3) is 5.69 Å². The van der Waals surface area contributed by atoms with Crippen LogP contribution >= 0.6 is 0 Å². The average molecular weight is 318 g/mol. The summed E-state index contributed by atoms with van der Waals surface area (Å²) in [5, 5.41) is 24.0. The summed E-state index contributed by atoms with van der Waals surface area (Å²) in [5.41, 5.74) is 0.435. The number of nitrogens with zero attached hydrogens (tertiary/aromatic N) is 4. The van der Waals surface area contributed by atoms with E-state index < -0.39 is 11.0 Å². The second kappa shape index (κ2) is 6.86. The SMILES string of the molecule is CC(C)c1nnc(CNC(=O)Nc2ccc([N+](=O)[O-])cc2)n1C. The van der Waals surface area contributed by atoms with E-state index in [2.05, 4.69) is 20.8 Å². The molecule has 0 aliphatic carbocycles. The molecule has 2 rings (SSSR count). The molecular formula is C14H18N6O3. The minimum Gasteiger partial charge on any atom is -0.331 e. The Labute approximate surface area is 132 Å². The fourth-order valence-electron chi connectivity index (χ4n) is 2.03. The number of nitrogens with one attached hydrogen (secondary N) is 2. The van der Waals surface area contributed by atoms with Gasteiger partial charge in [0, 0.05) is 30.8 Å². The van der Waals surface area contributed by atoms with Gasteiger partial charge in [-0.15, -0.1) is 10.2 Å². The molecule has 0 saturated heterocycles. The zero-order valence-electron chi connectivity index (χ0n) is 13.1. The topological polar surface area (TPSA) is 115 Å². The molecule has 2 N–H and O–H groups in total. The lowest BCUT2D eigenvalue weighted by atomic mass is 10.2. The second-order valence-corrected chi connectivity index (χ2v) is 5.30. The molecule has 2 aromatic rings. The Bertz CT molecular complexity index is 708. The van der Waals surface area contributed by atoms with E-state index in [1.54, 1.807) is 0 Å². The normalized spacial score (nSPS) is 10.6. The summed E-state index contributed by atoms with van der Waals surface area (Å²) in [5.74, 6) is 1.74. The smallest absolute Gasteiger partial charge is 0.319 e.